The summed E-state index contributed by atoms with van der Waals surface area (Å²) in [6.07, 6.45) is 1.48. The van der Waals surface area contributed by atoms with Crippen molar-refractivity contribution < 1.29 is 9.53 Å². The number of hydrogen-bond donors (Lipinski definition) is 1. The normalized spacial score (nSPS) is 11.0. The molecule has 0 radical (unpaired) electrons. The molecule has 4 nitrogen and oxygen atoms in total. The van der Waals surface area contributed by atoms with E-state index < -0.39 is 5.91 Å². The van der Waals surface area contributed by atoms with Crippen molar-refractivity contribution in [2.24, 2.45) is 0 Å². The number of aryl methyl sites for hydroxylation is 2. The van der Waals surface area contributed by atoms with Crippen molar-refractivity contribution in [2.45, 2.75) is 20.5 Å². The van der Waals surface area contributed by atoms with Crippen LogP contribution >= 0.6 is 23.2 Å². The number of benzene rings is 3. The molecular formula is C25H20Cl2N2O2. The van der Waals surface area contributed by atoms with Crippen LogP contribution in [0.4, 0.5) is 5.69 Å². The summed E-state index contributed by atoms with van der Waals surface area (Å²) in [6, 6.07) is 20.3. The topological polar surface area (TPSA) is 62.1 Å². The molecule has 3 aromatic rings. The molecule has 0 aliphatic rings. The first-order valence-corrected chi connectivity index (χ1v) is 10.3. The highest BCUT2D eigenvalue weighted by molar-refractivity contribution is 6.32. The van der Waals surface area contributed by atoms with E-state index >= 15 is 0 Å². The van der Waals surface area contributed by atoms with Gasteiger partial charge in [0.15, 0.2) is 0 Å². The maximum Gasteiger partial charge on any atom is 0.266 e. The molecule has 0 aromatic heterocycles. The van der Waals surface area contributed by atoms with Crippen LogP contribution in [0, 0.1) is 25.2 Å². The van der Waals surface area contributed by atoms with Crippen LogP contribution in [0.15, 0.2) is 66.2 Å². The number of amides is 1. The van der Waals surface area contributed by atoms with Crippen molar-refractivity contribution in [1.29, 1.82) is 5.26 Å². The molecule has 156 valence electrons. The fourth-order valence-electron chi connectivity index (χ4n) is 2.80. The average Bonchev–Trinajstić information content (AvgIpc) is 2.75. The zero-order valence-corrected chi connectivity index (χ0v) is 18.6. The smallest absolute Gasteiger partial charge is 0.266 e. The molecule has 0 atom stereocenters. The Balaban J connectivity index is 1.72. The van der Waals surface area contributed by atoms with Gasteiger partial charge in [0.25, 0.3) is 5.91 Å². The van der Waals surface area contributed by atoms with Crippen LogP contribution < -0.4 is 10.1 Å². The van der Waals surface area contributed by atoms with Gasteiger partial charge >= 0.3 is 0 Å². The van der Waals surface area contributed by atoms with Gasteiger partial charge in [-0.1, -0.05) is 65.2 Å². The molecule has 3 aromatic carbocycles. The van der Waals surface area contributed by atoms with Gasteiger partial charge < -0.3 is 10.1 Å². The predicted molar refractivity (Wildman–Crippen MR) is 125 cm³/mol. The van der Waals surface area contributed by atoms with Crippen LogP contribution in [0.1, 0.15) is 22.3 Å². The van der Waals surface area contributed by atoms with Crippen LogP contribution in [-0.4, -0.2) is 5.91 Å². The van der Waals surface area contributed by atoms with Crippen molar-refractivity contribution in [1.82, 2.24) is 0 Å². The number of halogens is 2. The summed E-state index contributed by atoms with van der Waals surface area (Å²) in [6.45, 7) is 4.26. The summed E-state index contributed by atoms with van der Waals surface area (Å²) >= 11 is 12.3. The van der Waals surface area contributed by atoms with Gasteiger partial charge in [0.05, 0.1) is 5.02 Å². The number of ether oxygens (including phenoxy) is 1. The molecular weight excluding hydrogens is 431 g/mol. The van der Waals surface area contributed by atoms with Crippen molar-refractivity contribution in [2.75, 3.05) is 5.32 Å². The van der Waals surface area contributed by atoms with Gasteiger partial charge in [-0.2, -0.15) is 5.26 Å². The molecule has 0 aliphatic carbocycles. The highest BCUT2D eigenvalue weighted by Crippen LogP contribution is 2.28. The van der Waals surface area contributed by atoms with Gasteiger partial charge in [-0.25, -0.2) is 0 Å². The number of nitrogens with one attached hydrogen (secondary N) is 1. The van der Waals surface area contributed by atoms with E-state index in [-0.39, 0.29) is 5.57 Å². The highest BCUT2D eigenvalue weighted by Gasteiger charge is 2.12. The maximum absolute atomic E-state index is 12.5. The molecule has 0 saturated carbocycles. The maximum atomic E-state index is 12.5. The third-order valence-electron chi connectivity index (χ3n) is 4.59. The molecule has 0 saturated heterocycles. The van der Waals surface area contributed by atoms with Gasteiger partial charge in [-0.3, -0.25) is 4.79 Å². The minimum atomic E-state index is -0.524. The lowest BCUT2D eigenvalue weighted by atomic mass is 10.1. The lowest BCUT2D eigenvalue weighted by Gasteiger charge is -2.10. The largest absolute Gasteiger partial charge is 0.487 e. The van der Waals surface area contributed by atoms with E-state index in [0.717, 1.165) is 11.1 Å². The van der Waals surface area contributed by atoms with Crippen LogP contribution in [0.25, 0.3) is 6.08 Å². The molecule has 0 spiro atoms. The molecule has 1 amide bonds. The van der Waals surface area contributed by atoms with E-state index in [1.165, 1.54) is 11.6 Å². The van der Waals surface area contributed by atoms with E-state index in [0.29, 0.717) is 33.7 Å². The molecule has 0 heterocycles. The summed E-state index contributed by atoms with van der Waals surface area (Å²) in [5.41, 5.74) is 4.17. The third-order valence-corrected chi connectivity index (χ3v) is 5.13. The minimum Gasteiger partial charge on any atom is -0.487 e. The molecule has 0 fully saturated rings. The minimum absolute atomic E-state index is 0.0521. The van der Waals surface area contributed by atoms with Gasteiger partial charge in [-0.15, -0.1) is 0 Å². The number of carbonyl (C=O) groups is 1. The first-order chi connectivity index (χ1) is 14.9. The van der Waals surface area contributed by atoms with Crippen LogP contribution in [0.3, 0.4) is 0 Å². The molecule has 3 rings (SSSR count). The Labute approximate surface area is 191 Å². The first kappa shape index (κ1) is 22.4. The van der Waals surface area contributed by atoms with Crippen LogP contribution in [-0.2, 0) is 11.4 Å². The SMILES string of the molecule is Cc1ccc(COc2ccc(/C=C(\C#N)C(=O)Nc3cc(Cl)ccc3C)cc2Cl)cc1. The van der Waals surface area contributed by atoms with Gasteiger partial charge in [0.2, 0.25) is 0 Å². The summed E-state index contributed by atoms with van der Waals surface area (Å²) < 4.78 is 5.79. The first-order valence-electron chi connectivity index (χ1n) is 9.53. The number of anilines is 1. The average molecular weight is 451 g/mol. The van der Waals surface area contributed by atoms with Crippen molar-refractivity contribution in [3.8, 4) is 11.8 Å². The molecule has 6 heteroatoms. The highest BCUT2D eigenvalue weighted by atomic mass is 35.5. The third kappa shape index (κ3) is 6.11. The Morgan fingerprint density at radius 3 is 2.48 bits per heavy atom. The van der Waals surface area contributed by atoms with Crippen LogP contribution in [0.2, 0.25) is 10.0 Å². The van der Waals surface area contributed by atoms with E-state index in [2.05, 4.69) is 5.32 Å². The van der Waals surface area contributed by atoms with Crippen molar-refractivity contribution in [3.05, 3.63) is 98.5 Å². The Morgan fingerprint density at radius 2 is 1.81 bits per heavy atom. The lowest BCUT2D eigenvalue weighted by molar-refractivity contribution is -0.112. The second kappa shape index (κ2) is 10.2. The number of rotatable bonds is 6. The summed E-state index contributed by atoms with van der Waals surface area (Å²) in [5.74, 6) is 0.000546. The monoisotopic (exact) mass is 450 g/mol. The summed E-state index contributed by atoms with van der Waals surface area (Å²) in [4.78, 5) is 12.5. The number of carbonyl (C=O) groups excluding carboxylic acids is 1. The van der Waals surface area contributed by atoms with Crippen molar-refractivity contribution >= 4 is 40.9 Å². The standard InChI is InChI=1S/C25H20Cl2N2O2/c1-16-3-6-18(7-4-16)15-31-24-10-8-19(12-22(24)27)11-20(14-28)25(30)29-23-13-21(26)9-5-17(23)2/h3-13H,15H2,1-2H3,(H,29,30)/b20-11+. The summed E-state index contributed by atoms with van der Waals surface area (Å²) in [5, 5.41) is 13.1. The van der Waals surface area contributed by atoms with Crippen molar-refractivity contribution in [3.63, 3.8) is 0 Å². The molecule has 1 N–H and O–H groups in total. The quantitative estimate of drug-likeness (QED) is 0.334. The Kier molecular flexibility index (Phi) is 7.36. The molecule has 0 aliphatic heterocycles. The van der Waals surface area contributed by atoms with E-state index in [9.17, 15) is 10.1 Å². The predicted octanol–water partition coefficient (Wildman–Crippen LogP) is 6.73. The Morgan fingerprint density at radius 1 is 1.06 bits per heavy atom. The zero-order chi connectivity index (χ0) is 22.4. The number of hydrogen-bond acceptors (Lipinski definition) is 3. The van der Waals surface area contributed by atoms with Gasteiger partial charge in [0.1, 0.15) is 24.0 Å². The van der Waals surface area contributed by atoms with E-state index in [4.69, 9.17) is 27.9 Å². The van der Waals surface area contributed by atoms with E-state index in [1.54, 1.807) is 36.4 Å². The Hall–Kier alpha value is -3.26. The molecule has 0 bridgehead atoms. The molecule has 0 unspecified atom stereocenters. The fourth-order valence-corrected chi connectivity index (χ4v) is 3.22. The van der Waals surface area contributed by atoms with Gasteiger partial charge in [0, 0.05) is 10.7 Å². The number of nitrogens with zero attached hydrogens (tertiary/aromatic N) is 1. The second-order valence-corrected chi connectivity index (χ2v) is 7.89. The fraction of sp³-hybridized carbons (Fsp3) is 0.120. The number of nitriles is 1. The van der Waals surface area contributed by atoms with Gasteiger partial charge in [-0.05, 0) is 60.9 Å². The lowest BCUT2D eigenvalue weighted by Crippen LogP contribution is -2.14. The van der Waals surface area contributed by atoms with E-state index in [1.807, 2.05) is 44.2 Å². The second-order valence-electron chi connectivity index (χ2n) is 7.05. The summed E-state index contributed by atoms with van der Waals surface area (Å²) in [7, 11) is 0. The Bertz CT molecular complexity index is 1180. The zero-order valence-electron chi connectivity index (χ0n) is 17.1. The molecule has 31 heavy (non-hydrogen) atoms. The van der Waals surface area contributed by atoms with Crippen LogP contribution in [0.5, 0.6) is 5.75 Å².